The molecule has 0 saturated carbocycles. The number of nitrogens with zero attached hydrogens (tertiary/aromatic N) is 1. The van der Waals surface area contributed by atoms with Crippen molar-refractivity contribution in [1.82, 2.24) is 9.97 Å². The Bertz CT molecular complexity index is 441. The molecule has 4 N–H and O–H groups in total. The van der Waals surface area contributed by atoms with Gasteiger partial charge in [-0.05, 0) is 13.8 Å². The van der Waals surface area contributed by atoms with Gasteiger partial charge in [0.2, 0.25) is 5.82 Å². The Morgan fingerprint density at radius 2 is 2.31 bits per heavy atom. The van der Waals surface area contributed by atoms with Gasteiger partial charge in [-0.2, -0.15) is 0 Å². The summed E-state index contributed by atoms with van der Waals surface area (Å²) in [6.45, 7) is 3.68. The van der Waals surface area contributed by atoms with Gasteiger partial charge in [-0.25, -0.2) is 10.8 Å². The first-order chi connectivity index (χ1) is 7.58. The predicted molar refractivity (Wildman–Crippen MR) is 57.7 cm³/mol. The van der Waals surface area contributed by atoms with Gasteiger partial charge in [-0.15, -0.1) is 0 Å². The molecule has 0 aromatic carbocycles. The van der Waals surface area contributed by atoms with Crippen LogP contribution in [-0.2, 0) is 16.0 Å². The van der Waals surface area contributed by atoms with Crippen molar-refractivity contribution in [2.24, 2.45) is 5.84 Å². The third-order valence-corrected chi connectivity index (χ3v) is 1.95. The monoisotopic (exact) mass is 226 g/mol. The third kappa shape index (κ3) is 2.80. The molecule has 0 spiro atoms. The highest BCUT2D eigenvalue weighted by atomic mass is 16.5. The van der Waals surface area contributed by atoms with Gasteiger partial charge >= 0.3 is 5.97 Å². The minimum atomic E-state index is -0.424. The van der Waals surface area contributed by atoms with Crippen molar-refractivity contribution in [2.75, 3.05) is 12.0 Å². The van der Waals surface area contributed by atoms with E-state index >= 15 is 0 Å². The molecule has 0 fully saturated rings. The van der Waals surface area contributed by atoms with E-state index < -0.39 is 11.5 Å². The molecular formula is C9H14N4O3. The van der Waals surface area contributed by atoms with Crippen molar-refractivity contribution in [3.63, 3.8) is 0 Å². The van der Waals surface area contributed by atoms with Gasteiger partial charge in [0.1, 0.15) is 0 Å². The van der Waals surface area contributed by atoms with Crippen LogP contribution in [0.4, 0.5) is 5.82 Å². The fraction of sp³-hybridized carbons (Fsp3) is 0.444. The predicted octanol–water partition coefficient (Wildman–Crippen LogP) is -0.530. The number of H-pyrrole nitrogens is 1. The first-order valence-corrected chi connectivity index (χ1v) is 4.80. The summed E-state index contributed by atoms with van der Waals surface area (Å²) in [6, 6.07) is 0. The molecule has 1 aromatic heterocycles. The van der Waals surface area contributed by atoms with Crippen LogP contribution >= 0.6 is 0 Å². The van der Waals surface area contributed by atoms with Crippen LogP contribution in [0.25, 0.3) is 0 Å². The van der Waals surface area contributed by atoms with E-state index in [1.54, 1.807) is 13.8 Å². The van der Waals surface area contributed by atoms with E-state index in [0.29, 0.717) is 18.0 Å². The number of rotatable bonds is 4. The lowest BCUT2D eigenvalue weighted by Crippen LogP contribution is -2.23. The normalized spacial score (nSPS) is 9.94. The lowest BCUT2D eigenvalue weighted by Gasteiger charge is -2.06. The maximum atomic E-state index is 11.3. The summed E-state index contributed by atoms with van der Waals surface area (Å²) < 4.78 is 4.78. The number of esters is 1. The number of carbonyl (C=O) groups is 1. The largest absolute Gasteiger partial charge is 0.466 e. The van der Waals surface area contributed by atoms with Gasteiger partial charge in [0.25, 0.3) is 5.56 Å². The van der Waals surface area contributed by atoms with Crippen LogP contribution in [0.2, 0.25) is 0 Å². The number of nitrogen functional groups attached to an aromatic ring is 1. The second-order valence-electron chi connectivity index (χ2n) is 3.11. The van der Waals surface area contributed by atoms with Crippen LogP contribution in [0.1, 0.15) is 18.3 Å². The molecular weight excluding hydrogens is 212 g/mol. The standard InChI is InChI=1S/C9H14N4O3/c1-3-16-7(14)4-6-5(2)11-9(15)8(12-6)13-10/h3-4,10H2,1-2H3,(H,11,15)(H,12,13). The van der Waals surface area contributed by atoms with Crippen LogP contribution in [0.5, 0.6) is 0 Å². The molecule has 0 aliphatic carbocycles. The molecule has 1 rings (SSSR count). The Kier molecular flexibility index (Phi) is 4.01. The summed E-state index contributed by atoms with van der Waals surface area (Å²) >= 11 is 0. The highest BCUT2D eigenvalue weighted by Crippen LogP contribution is 2.04. The SMILES string of the molecule is CCOC(=O)Cc1nc(NN)c(=O)[nH]c1C. The molecule has 0 aliphatic heterocycles. The van der Waals surface area contributed by atoms with Crippen molar-refractivity contribution in [2.45, 2.75) is 20.3 Å². The number of nitrogens with two attached hydrogens (primary N) is 1. The van der Waals surface area contributed by atoms with Crippen molar-refractivity contribution >= 4 is 11.8 Å². The van der Waals surface area contributed by atoms with Crippen LogP contribution in [0.15, 0.2) is 4.79 Å². The zero-order chi connectivity index (χ0) is 12.1. The van der Waals surface area contributed by atoms with Gasteiger partial charge in [0.15, 0.2) is 0 Å². The van der Waals surface area contributed by atoms with E-state index in [4.69, 9.17) is 10.6 Å². The molecule has 7 heteroatoms. The number of aryl methyl sites for hydroxylation is 1. The molecule has 0 atom stereocenters. The molecule has 16 heavy (non-hydrogen) atoms. The summed E-state index contributed by atoms with van der Waals surface area (Å²) in [5.41, 5.74) is 2.70. The Hall–Kier alpha value is -1.89. The molecule has 1 heterocycles. The molecule has 0 radical (unpaired) electrons. The van der Waals surface area contributed by atoms with Crippen LogP contribution in [0.3, 0.4) is 0 Å². The summed E-state index contributed by atoms with van der Waals surface area (Å²) in [5, 5.41) is 0. The number of hydrazine groups is 1. The van der Waals surface area contributed by atoms with Crippen molar-refractivity contribution < 1.29 is 9.53 Å². The molecule has 0 amide bonds. The second kappa shape index (κ2) is 5.26. The van der Waals surface area contributed by atoms with E-state index in [1.807, 2.05) is 0 Å². The molecule has 0 bridgehead atoms. The molecule has 0 unspecified atom stereocenters. The smallest absolute Gasteiger partial charge is 0.311 e. The number of aromatic amines is 1. The first kappa shape index (κ1) is 12.2. The molecule has 1 aromatic rings. The van der Waals surface area contributed by atoms with Gasteiger partial charge < -0.3 is 15.1 Å². The summed E-state index contributed by atoms with van der Waals surface area (Å²) in [6.07, 6.45) is 0.00509. The van der Waals surface area contributed by atoms with Crippen LogP contribution in [-0.4, -0.2) is 22.5 Å². The second-order valence-corrected chi connectivity index (χ2v) is 3.11. The van der Waals surface area contributed by atoms with Crippen LogP contribution in [0, 0.1) is 6.92 Å². The molecule has 0 saturated heterocycles. The fourth-order valence-corrected chi connectivity index (χ4v) is 1.19. The quantitative estimate of drug-likeness (QED) is 0.361. The molecule has 7 nitrogen and oxygen atoms in total. The van der Waals surface area contributed by atoms with E-state index in [9.17, 15) is 9.59 Å². The highest BCUT2D eigenvalue weighted by molar-refractivity contribution is 5.72. The summed E-state index contributed by atoms with van der Waals surface area (Å²) in [4.78, 5) is 29.0. The number of anilines is 1. The fourth-order valence-electron chi connectivity index (χ4n) is 1.19. The lowest BCUT2D eigenvalue weighted by atomic mass is 10.2. The van der Waals surface area contributed by atoms with Gasteiger partial charge in [-0.1, -0.05) is 0 Å². The Morgan fingerprint density at radius 3 is 2.88 bits per heavy atom. The van der Waals surface area contributed by atoms with Gasteiger partial charge in [-0.3, -0.25) is 9.59 Å². The highest BCUT2D eigenvalue weighted by Gasteiger charge is 2.11. The summed E-state index contributed by atoms with van der Waals surface area (Å²) in [5.74, 6) is 4.69. The van der Waals surface area contributed by atoms with E-state index in [0.717, 1.165) is 0 Å². The maximum Gasteiger partial charge on any atom is 0.311 e. The number of nitrogens with one attached hydrogen (secondary N) is 2. The summed E-state index contributed by atoms with van der Waals surface area (Å²) in [7, 11) is 0. The zero-order valence-corrected chi connectivity index (χ0v) is 9.16. The average molecular weight is 226 g/mol. The van der Waals surface area contributed by atoms with Gasteiger partial charge in [0.05, 0.1) is 18.7 Å². The van der Waals surface area contributed by atoms with E-state index in [2.05, 4.69) is 15.4 Å². The number of hydrogen-bond acceptors (Lipinski definition) is 6. The van der Waals surface area contributed by atoms with E-state index in [-0.39, 0.29) is 12.2 Å². The van der Waals surface area contributed by atoms with Crippen molar-refractivity contribution in [3.8, 4) is 0 Å². The van der Waals surface area contributed by atoms with Crippen molar-refractivity contribution in [1.29, 1.82) is 0 Å². The molecule has 0 aliphatic rings. The number of hydrogen-bond donors (Lipinski definition) is 3. The lowest BCUT2D eigenvalue weighted by molar-refractivity contribution is -0.142. The Labute approximate surface area is 92.0 Å². The maximum absolute atomic E-state index is 11.3. The first-order valence-electron chi connectivity index (χ1n) is 4.80. The van der Waals surface area contributed by atoms with Crippen molar-refractivity contribution in [3.05, 3.63) is 21.7 Å². The van der Waals surface area contributed by atoms with Crippen LogP contribution < -0.4 is 16.8 Å². The Morgan fingerprint density at radius 1 is 1.62 bits per heavy atom. The number of carbonyl (C=O) groups excluding carboxylic acids is 1. The Balaban J connectivity index is 2.96. The van der Waals surface area contributed by atoms with Gasteiger partial charge in [0, 0.05) is 5.69 Å². The number of aromatic nitrogens is 2. The minimum Gasteiger partial charge on any atom is -0.466 e. The molecule has 88 valence electrons. The zero-order valence-electron chi connectivity index (χ0n) is 9.16. The number of ether oxygens (including phenoxy) is 1. The third-order valence-electron chi connectivity index (χ3n) is 1.95. The average Bonchev–Trinajstić information content (AvgIpc) is 2.22. The van der Waals surface area contributed by atoms with E-state index in [1.165, 1.54) is 0 Å². The topological polar surface area (TPSA) is 110 Å². The minimum absolute atomic E-state index is 0.00509.